The van der Waals surface area contributed by atoms with Crippen molar-refractivity contribution in [1.29, 1.82) is 0 Å². The predicted molar refractivity (Wildman–Crippen MR) is 249 cm³/mol. The minimum atomic E-state index is -4.66. The number of ether oxygens (including phenoxy) is 3. The van der Waals surface area contributed by atoms with Gasteiger partial charge in [0.15, 0.2) is 6.10 Å². The lowest BCUT2D eigenvalue weighted by Crippen LogP contribution is -2.37. The van der Waals surface area contributed by atoms with Crippen molar-refractivity contribution in [2.75, 3.05) is 47.5 Å². The first kappa shape index (κ1) is 56.2. The monoisotopic (exact) mass is 874 g/mol. The minimum Gasteiger partial charge on any atom is -0.756 e. The van der Waals surface area contributed by atoms with E-state index in [0.717, 1.165) is 64.2 Å². The fraction of sp³-hybridized carbons (Fsp3) is 0.680. The zero-order valence-corrected chi connectivity index (χ0v) is 39.7. The second-order valence-corrected chi connectivity index (χ2v) is 18.2. The van der Waals surface area contributed by atoms with Gasteiger partial charge in [0.05, 0.1) is 40.0 Å². The van der Waals surface area contributed by atoms with E-state index in [2.05, 4.69) is 92.8 Å². The van der Waals surface area contributed by atoms with E-state index in [1.807, 2.05) is 27.2 Å². The average Bonchev–Trinajstić information content (AvgIpc) is 3.97. The lowest BCUT2D eigenvalue weighted by atomic mass is 10.1. The summed E-state index contributed by atoms with van der Waals surface area (Å²) in [5, 5.41) is 0. The molecule has 0 bridgehead atoms. The highest BCUT2D eigenvalue weighted by Gasteiger charge is 2.36. The number of phosphoric acid groups is 1. The van der Waals surface area contributed by atoms with E-state index in [9.17, 15) is 19.0 Å². The molecule has 0 spiro atoms. The minimum absolute atomic E-state index is 0.0542. The highest BCUT2D eigenvalue weighted by atomic mass is 31.2. The molecule has 1 aliphatic heterocycles. The van der Waals surface area contributed by atoms with Crippen LogP contribution in [0.1, 0.15) is 155 Å². The van der Waals surface area contributed by atoms with E-state index in [-0.39, 0.29) is 38.3 Å². The van der Waals surface area contributed by atoms with E-state index < -0.39 is 32.5 Å². The summed E-state index contributed by atoms with van der Waals surface area (Å²) in [5.41, 5.74) is 0. The molecule has 61 heavy (non-hydrogen) atoms. The lowest BCUT2D eigenvalue weighted by Gasteiger charge is -2.28. The molecule has 0 aromatic carbocycles. The third-order valence-electron chi connectivity index (χ3n) is 9.79. The Labute approximate surface area is 371 Å². The molecule has 1 aliphatic rings. The largest absolute Gasteiger partial charge is 0.756 e. The van der Waals surface area contributed by atoms with Gasteiger partial charge in [0.25, 0.3) is 7.82 Å². The third-order valence-corrected chi connectivity index (χ3v) is 10.8. The van der Waals surface area contributed by atoms with Crippen molar-refractivity contribution in [2.24, 2.45) is 0 Å². The lowest BCUT2D eigenvalue weighted by molar-refractivity contribution is -0.870. The first-order chi connectivity index (χ1) is 29.5. The molecule has 0 radical (unpaired) electrons. The molecule has 0 aromatic rings. The van der Waals surface area contributed by atoms with E-state index in [4.69, 9.17) is 23.3 Å². The van der Waals surface area contributed by atoms with Gasteiger partial charge < -0.3 is 32.6 Å². The Bertz CT molecular complexity index is 1380. The van der Waals surface area contributed by atoms with Crippen LogP contribution in [0.15, 0.2) is 85.1 Å². The fourth-order valence-electron chi connectivity index (χ4n) is 5.96. The number of rotatable bonds is 40. The predicted octanol–water partition coefficient (Wildman–Crippen LogP) is 11.9. The topological polar surface area (TPSA) is 124 Å². The Morgan fingerprint density at radius 2 is 1.05 bits per heavy atom. The van der Waals surface area contributed by atoms with E-state index >= 15 is 0 Å². The molecule has 1 heterocycles. The summed E-state index contributed by atoms with van der Waals surface area (Å²) >= 11 is 0. The molecule has 1 rings (SSSR count). The quantitative estimate of drug-likeness (QED) is 0.0148. The summed E-state index contributed by atoms with van der Waals surface area (Å²) in [5.74, 6) is -0.952. The van der Waals surface area contributed by atoms with Crippen LogP contribution in [0.4, 0.5) is 0 Å². The molecule has 1 fully saturated rings. The number of hydrogen-bond donors (Lipinski definition) is 0. The molecule has 0 aliphatic carbocycles. The zero-order valence-electron chi connectivity index (χ0n) is 38.8. The Morgan fingerprint density at radius 1 is 0.590 bits per heavy atom. The Kier molecular flexibility index (Phi) is 34.7. The summed E-state index contributed by atoms with van der Waals surface area (Å²) in [4.78, 5) is 37.7. The summed E-state index contributed by atoms with van der Waals surface area (Å²) < 4.78 is 39.7. The van der Waals surface area contributed by atoms with E-state index in [1.165, 1.54) is 44.9 Å². The number of hydrogen-bond acceptors (Lipinski definition) is 9. The molecule has 0 saturated carbocycles. The molecular formula is C50H84NO9P. The Hall–Kier alpha value is -2.85. The molecule has 0 amide bonds. The summed E-state index contributed by atoms with van der Waals surface area (Å²) in [6.45, 7) is 4.03. The van der Waals surface area contributed by atoms with Gasteiger partial charge in [-0.3, -0.25) is 14.2 Å². The maximum absolute atomic E-state index is 12.7. The second-order valence-electron chi connectivity index (χ2n) is 16.8. The van der Waals surface area contributed by atoms with Gasteiger partial charge in [-0.1, -0.05) is 131 Å². The van der Waals surface area contributed by atoms with Crippen molar-refractivity contribution in [3.63, 3.8) is 0 Å². The zero-order chi connectivity index (χ0) is 44.7. The first-order valence-electron chi connectivity index (χ1n) is 23.4. The molecular weight excluding hydrogens is 790 g/mol. The number of phosphoric ester groups is 1. The van der Waals surface area contributed by atoms with Crippen LogP contribution in [-0.2, 0) is 37.4 Å². The highest BCUT2D eigenvalue weighted by molar-refractivity contribution is 7.45. The van der Waals surface area contributed by atoms with Gasteiger partial charge in [-0.25, -0.2) is 0 Å². The van der Waals surface area contributed by atoms with Gasteiger partial charge >= 0.3 is 11.9 Å². The van der Waals surface area contributed by atoms with Crippen molar-refractivity contribution in [3.05, 3.63) is 85.1 Å². The number of likely N-dealkylation sites (N-methyl/N-ethyl adjacent to an activating group) is 1. The van der Waals surface area contributed by atoms with Crippen LogP contribution in [0.25, 0.3) is 0 Å². The molecule has 10 nitrogen and oxygen atoms in total. The molecule has 0 aromatic heterocycles. The SMILES string of the molecule is CCCCC/C=C\C/C=C\C/C=C\C/C=C\CCCCCC(=O)OC[C@H](COP(=O)([O-])OCC[N+](C)(C)C)OC(=O)CCC/C=C\CC1OC1C/C=C\C/C=C\CCCCC. The van der Waals surface area contributed by atoms with Crippen molar-refractivity contribution < 1.29 is 46.8 Å². The van der Waals surface area contributed by atoms with Crippen LogP contribution in [-0.4, -0.2) is 82.2 Å². The van der Waals surface area contributed by atoms with Crippen molar-refractivity contribution in [1.82, 2.24) is 0 Å². The van der Waals surface area contributed by atoms with E-state index in [1.54, 1.807) is 0 Å². The molecule has 11 heteroatoms. The van der Waals surface area contributed by atoms with Gasteiger partial charge in [-0.05, 0) is 96.3 Å². The number of unbranched alkanes of at least 4 members (excludes halogenated alkanes) is 10. The van der Waals surface area contributed by atoms with Gasteiger partial charge in [0, 0.05) is 12.8 Å². The average molecular weight is 874 g/mol. The second kappa shape index (κ2) is 37.7. The van der Waals surface area contributed by atoms with Crippen molar-refractivity contribution >= 4 is 19.8 Å². The number of carbonyl (C=O) groups excluding carboxylic acids is 2. The molecule has 348 valence electrons. The van der Waals surface area contributed by atoms with Gasteiger partial charge in [-0.2, -0.15) is 0 Å². The van der Waals surface area contributed by atoms with Crippen LogP contribution in [0.5, 0.6) is 0 Å². The maximum atomic E-state index is 12.7. The maximum Gasteiger partial charge on any atom is 0.306 e. The Balaban J connectivity index is 2.35. The number of esters is 2. The smallest absolute Gasteiger partial charge is 0.306 e. The van der Waals surface area contributed by atoms with Crippen molar-refractivity contribution in [2.45, 2.75) is 173 Å². The number of nitrogens with zero attached hydrogens (tertiary/aromatic N) is 1. The third kappa shape index (κ3) is 38.5. The summed E-state index contributed by atoms with van der Waals surface area (Å²) in [6.07, 6.45) is 50.7. The number of carbonyl (C=O) groups is 2. The fourth-order valence-corrected chi connectivity index (χ4v) is 6.69. The molecule has 0 N–H and O–H groups in total. The van der Waals surface area contributed by atoms with Crippen molar-refractivity contribution in [3.8, 4) is 0 Å². The normalized spacial score (nSPS) is 17.6. The number of quaternary nitrogens is 1. The Morgan fingerprint density at radius 3 is 1.59 bits per heavy atom. The van der Waals surface area contributed by atoms with Crippen LogP contribution in [0.3, 0.4) is 0 Å². The van der Waals surface area contributed by atoms with Crippen LogP contribution in [0.2, 0.25) is 0 Å². The van der Waals surface area contributed by atoms with Gasteiger partial charge in [0.1, 0.15) is 19.8 Å². The number of epoxide rings is 1. The summed E-state index contributed by atoms with van der Waals surface area (Å²) in [7, 11) is 1.09. The van der Waals surface area contributed by atoms with Crippen LogP contribution in [0, 0.1) is 0 Å². The number of allylic oxidation sites excluding steroid dienone is 12. The standard InChI is InChI=1S/C50H84NO9P/c1-6-8-10-12-14-16-17-18-19-20-21-22-23-24-25-27-29-31-36-40-49(52)56-44-46(45-58-61(54,55)57-43-42-51(3,4)5)59-50(53)41-37-33-32-35-39-48-47(60-48)38-34-30-28-26-15-13-11-9-7-2/h14-16,18-19,21-22,24-26,30,32,34-35,46-48H,6-13,17,20,23,27-29,31,33,36-45H2,1-5H3/b16-14-,19-18-,22-21-,25-24-,26-15-,34-30-,35-32-/t46-,47?,48?/m1/s1. The molecule has 4 atom stereocenters. The van der Waals surface area contributed by atoms with Crippen LogP contribution >= 0.6 is 7.82 Å². The van der Waals surface area contributed by atoms with Crippen LogP contribution < -0.4 is 4.89 Å². The first-order valence-corrected chi connectivity index (χ1v) is 24.9. The molecule has 3 unspecified atom stereocenters. The van der Waals surface area contributed by atoms with E-state index in [0.29, 0.717) is 30.3 Å². The van der Waals surface area contributed by atoms with Gasteiger partial charge in [-0.15, -0.1) is 0 Å². The van der Waals surface area contributed by atoms with Gasteiger partial charge in [0.2, 0.25) is 0 Å². The highest BCUT2D eigenvalue weighted by Crippen LogP contribution is 2.38. The molecule has 1 saturated heterocycles. The summed E-state index contributed by atoms with van der Waals surface area (Å²) in [6, 6.07) is 0.